The van der Waals surface area contributed by atoms with Crippen molar-refractivity contribution in [2.45, 2.75) is 38.1 Å². The number of aliphatic hydroxyl groups is 1. The van der Waals surface area contributed by atoms with Crippen molar-refractivity contribution in [2.75, 3.05) is 13.2 Å². The molecule has 0 aliphatic rings. The van der Waals surface area contributed by atoms with E-state index in [0.717, 1.165) is 0 Å². The molecule has 0 unspecified atom stereocenters. The van der Waals surface area contributed by atoms with Crippen molar-refractivity contribution in [3.8, 4) is 6.07 Å². The Balaban J connectivity index is 3.23. The van der Waals surface area contributed by atoms with Crippen molar-refractivity contribution >= 4 is 10.0 Å². The van der Waals surface area contributed by atoms with Gasteiger partial charge in [0.2, 0.25) is 10.0 Å². The normalized spacial score (nSPS) is 11.8. The smallest absolute Gasteiger partial charge is 0.243 e. The van der Waals surface area contributed by atoms with Crippen LogP contribution in [0.15, 0.2) is 23.1 Å². The average molecular weight is 296 g/mol. The first-order valence-corrected chi connectivity index (χ1v) is 7.92. The predicted molar refractivity (Wildman–Crippen MR) is 76.6 cm³/mol. The van der Waals surface area contributed by atoms with Gasteiger partial charge in [-0.2, -0.15) is 9.57 Å². The van der Waals surface area contributed by atoms with E-state index < -0.39 is 10.0 Å². The van der Waals surface area contributed by atoms with E-state index >= 15 is 0 Å². The molecule has 1 rings (SSSR count). The van der Waals surface area contributed by atoms with Crippen LogP contribution in [0, 0.1) is 18.3 Å². The zero-order valence-corrected chi connectivity index (χ0v) is 12.8. The fraction of sp³-hybridized carbons (Fsp3) is 0.500. The van der Waals surface area contributed by atoms with E-state index in [2.05, 4.69) is 0 Å². The number of aliphatic hydroxyl groups excluding tert-OH is 1. The van der Waals surface area contributed by atoms with E-state index in [-0.39, 0.29) is 24.1 Å². The fourth-order valence-electron chi connectivity index (χ4n) is 2.02. The highest BCUT2D eigenvalue weighted by Crippen LogP contribution is 2.22. The third kappa shape index (κ3) is 3.57. The Morgan fingerprint density at radius 3 is 2.50 bits per heavy atom. The molecule has 20 heavy (non-hydrogen) atoms. The number of hydrogen-bond acceptors (Lipinski definition) is 4. The first kappa shape index (κ1) is 16.6. The molecule has 1 N–H and O–H groups in total. The van der Waals surface area contributed by atoms with Gasteiger partial charge in [0.1, 0.15) is 0 Å². The van der Waals surface area contributed by atoms with Gasteiger partial charge in [-0.3, -0.25) is 0 Å². The molecule has 0 aliphatic heterocycles. The van der Waals surface area contributed by atoms with Crippen LogP contribution in [0.3, 0.4) is 0 Å². The van der Waals surface area contributed by atoms with Gasteiger partial charge >= 0.3 is 0 Å². The maximum absolute atomic E-state index is 12.7. The second-order valence-electron chi connectivity index (χ2n) is 4.88. The van der Waals surface area contributed by atoms with Gasteiger partial charge in [-0.15, -0.1) is 0 Å². The van der Waals surface area contributed by atoms with Crippen molar-refractivity contribution in [1.29, 1.82) is 5.26 Å². The van der Waals surface area contributed by atoms with Crippen LogP contribution in [-0.2, 0) is 10.0 Å². The van der Waals surface area contributed by atoms with Crippen LogP contribution >= 0.6 is 0 Å². The Bertz CT molecular complexity index is 603. The molecule has 0 heterocycles. The topological polar surface area (TPSA) is 81.4 Å². The summed E-state index contributed by atoms with van der Waals surface area (Å²) in [4.78, 5) is 0.211. The van der Waals surface area contributed by atoms with Crippen molar-refractivity contribution in [1.82, 2.24) is 4.31 Å². The molecule has 6 heteroatoms. The molecule has 0 radical (unpaired) electrons. The van der Waals surface area contributed by atoms with Crippen molar-refractivity contribution in [2.24, 2.45) is 0 Å². The van der Waals surface area contributed by atoms with E-state index in [1.54, 1.807) is 26.8 Å². The summed E-state index contributed by atoms with van der Waals surface area (Å²) in [7, 11) is -3.62. The molecule has 0 atom stereocenters. The number of aryl methyl sites for hydroxylation is 1. The molecular weight excluding hydrogens is 276 g/mol. The van der Waals surface area contributed by atoms with Crippen LogP contribution in [0.4, 0.5) is 0 Å². The summed E-state index contributed by atoms with van der Waals surface area (Å²) in [6, 6.07) is 6.34. The Morgan fingerprint density at radius 1 is 1.40 bits per heavy atom. The van der Waals surface area contributed by atoms with E-state index in [1.807, 2.05) is 6.07 Å². The van der Waals surface area contributed by atoms with Gasteiger partial charge < -0.3 is 5.11 Å². The lowest BCUT2D eigenvalue weighted by Gasteiger charge is -2.26. The molecule has 0 spiro atoms. The Labute approximate surface area is 120 Å². The third-order valence-corrected chi connectivity index (χ3v) is 5.24. The van der Waals surface area contributed by atoms with Crippen LogP contribution in [-0.4, -0.2) is 37.0 Å². The van der Waals surface area contributed by atoms with Gasteiger partial charge in [0.25, 0.3) is 0 Å². The summed E-state index contributed by atoms with van der Waals surface area (Å²) in [5, 5.41) is 17.7. The number of nitriles is 1. The van der Waals surface area contributed by atoms with Crippen LogP contribution in [0.25, 0.3) is 0 Å². The Hall–Kier alpha value is -1.42. The zero-order valence-electron chi connectivity index (χ0n) is 12.0. The fourth-order valence-corrected chi connectivity index (χ4v) is 3.90. The molecule has 110 valence electrons. The summed E-state index contributed by atoms with van der Waals surface area (Å²) in [5.74, 6) is 0. The van der Waals surface area contributed by atoms with Gasteiger partial charge in [0, 0.05) is 19.2 Å². The maximum atomic E-state index is 12.7. The van der Waals surface area contributed by atoms with E-state index in [4.69, 9.17) is 10.4 Å². The number of hydrogen-bond donors (Lipinski definition) is 1. The standard InChI is InChI=1S/C14H20N2O3S/c1-11(2)16(7-4-8-17)20(18,19)14-6-5-13(10-15)9-12(14)3/h5-6,9,11,17H,4,7-8H2,1-3H3. The second kappa shape index (κ2) is 6.84. The molecule has 0 saturated heterocycles. The quantitative estimate of drug-likeness (QED) is 0.865. The van der Waals surface area contributed by atoms with Gasteiger partial charge in [-0.05, 0) is 51.0 Å². The molecule has 0 amide bonds. The molecule has 0 bridgehead atoms. The molecule has 1 aromatic rings. The minimum atomic E-state index is -3.62. The van der Waals surface area contributed by atoms with Crippen LogP contribution in [0.5, 0.6) is 0 Å². The summed E-state index contributed by atoms with van der Waals surface area (Å²) in [6.45, 7) is 5.50. The van der Waals surface area contributed by atoms with Crippen LogP contribution < -0.4 is 0 Å². The first-order valence-electron chi connectivity index (χ1n) is 6.48. The lowest BCUT2D eigenvalue weighted by molar-refractivity contribution is 0.258. The summed E-state index contributed by atoms with van der Waals surface area (Å²) in [6.07, 6.45) is 0.396. The van der Waals surface area contributed by atoms with E-state index in [0.29, 0.717) is 17.5 Å². The zero-order chi connectivity index (χ0) is 15.3. The van der Waals surface area contributed by atoms with Gasteiger partial charge in [0.05, 0.1) is 16.5 Å². The molecule has 1 aromatic carbocycles. The highest BCUT2D eigenvalue weighted by Gasteiger charge is 2.27. The molecule has 0 aromatic heterocycles. The SMILES string of the molecule is Cc1cc(C#N)ccc1S(=O)(=O)N(CCCO)C(C)C. The minimum absolute atomic E-state index is 0.0505. The monoisotopic (exact) mass is 296 g/mol. The van der Waals surface area contributed by atoms with E-state index in [9.17, 15) is 8.42 Å². The van der Waals surface area contributed by atoms with Crippen LogP contribution in [0.2, 0.25) is 0 Å². The predicted octanol–water partition coefficient (Wildman–Crippen LogP) is 1.65. The lowest BCUT2D eigenvalue weighted by Crippen LogP contribution is -2.38. The van der Waals surface area contributed by atoms with Crippen molar-refractivity contribution in [3.05, 3.63) is 29.3 Å². The lowest BCUT2D eigenvalue weighted by atomic mass is 10.2. The van der Waals surface area contributed by atoms with E-state index in [1.165, 1.54) is 16.4 Å². The van der Waals surface area contributed by atoms with Crippen molar-refractivity contribution < 1.29 is 13.5 Å². The molecule has 0 saturated carbocycles. The first-order chi connectivity index (χ1) is 9.34. The largest absolute Gasteiger partial charge is 0.396 e. The molecule has 0 fully saturated rings. The minimum Gasteiger partial charge on any atom is -0.396 e. The highest BCUT2D eigenvalue weighted by molar-refractivity contribution is 7.89. The van der Waals surface area contributed by atoms with Gasteiger partial charge in [-0.1, -0.05) is 0 Å². The Kier molecular flexibility index (Phi) is 5.69. The molecule has 5 nitrogen and oxygen atoms in total. The number of nitrogens with zero attached hydrogens (tertiary/aromatic N) is 2. The second-order valence-corrected chi connectivity index (χ2v) is 6.74. The molecular formula is C14H20N2O3S. The van der Waals surface area contributed by atoms with Gasteiger partial charge in [0.15, 0.2) is 0 Å². The number of sulfonamides is 1. The third-order valence-electron chi connectivity index (χ3n) is 3.00. The molecule has 0 aliphatic carbocycles. The average Bonchev–Trinajstić information content (AvgIpc) is 2.37. The summed E-state index contributed by atoms with van der Waals surface area (Å²) >= 11 is 0. The number of benzene rings is 1. The van der Waals surface area contributed by atoms with Crippen LogP contribution in [0.1, 0.15) is 31.4 Å². The van der Waals surface area contributed by atoms with Gasteiger partial charge in [-0.25, -0.2) is 8.42 Å². The summed E-state index contributed by atoms with van der Waals surface area (Å²) < 4.78 is 26.7. The maximum Gasteiger partial charge on any atom is 0.243 e. The Morgan fingerprint density at radius 2 is 2.05 bits per heavy atom. The number of rotatable bonds is 6. The van der Waals surface area contributed by atoms with Crippen molar-refractivity contribution in [3.63, 3.8) is 0 Å². The highest BCUT2D eigenvalue weighted by atomic mass is 32.2. The summed E-state index contributed by atoms with van der Waals surface area (Å²) in [5.41, 5.74) is 0.992.